The number of hydrogen-bond acceptors (Lipinski definition) is 12. The van der Waals surface area contributed by atoms with Gasteiger partial charge in [0.1, 0.15) is 42.0 Å². The lowest BCUT2D eigenvalue weighted by molar-refractivity contribution is -0.144. The molecule has 1 fully saturated rings. The quantitative estimate of drug-likeness (QED) is 0.0502. The third kappa shape index (κ3) is 17.0. The standard InChI is InChI=1S/C40H60N8O14/c1-5-21(4)33(47-37(58)28(19-32(53)54)44-34(55)24(41)12-14-30(42)50)39(60)48-16-6-7-29(48)38(59)46-27(18-22-8-10-23(49)11-9-22)36(57)45-26(17-20(2)3)35(56)43-25(40(61)62)13-15-31(51)52/h8-11,20-21,24-29,33,49H,5-7,12-19,41H2,1-4H3,(H2,42,50)(H,43,56)(H,44,55)(H,45,57)(H,46,59)(H,47,58)(H,51,52)(H,53,54)(H,61,62)/t21-,24-,25-,26-,27-,28-,29-,33-/m0/s1. The lowest BCUT2D eigenvalue weighted by Crippen LogP contribution is -2.61. The van der Waals surface area contributed by atoms with Crippen molar-refractivity contribution in [3.63, 3.8) is 0 Å². The lowest BCUT2D eigenvalue weighted by Gasteiger charge is -2.33. The van der Waals surface area contributed by atoms with Crippen LogP contribution < -0.4 is 38.1 Å². The van der Waals surface area contributed by atoms with Crippen LogP contribution in [0.15, 0.2) is 24.3 Å². The number of nitrogens with zero attached hydrogens (tertiary/aromatic N) is 1. The van der Waals surface area contributed by atoms with Crippen LogP contribution in [0.4, 0.5) is 0 Å². The summed E-state index contributed by atoms with van der Waals surface area (Å²) in [5.74, 6) is -11.0. The van der Waals surface area contributed by atoms with E-state index in [1.807, 2.05) is 0 Å². The average molecular weight is 877 g/mol. The summed E-state index contributed by atoms with van der Waals surface area (Å²) in [6.07, 6.45) is -1.62. The Bertz CT molecular complexity index is 1790. The Labute approximate surface area is 358 Å². The highest BCUT2D eigenvalue weighted by Crippen LogP contribution is 2.23. The van der Waals surface area contributed by atoms with Gasteiger partial charge in [-0.25, -0.2) is 4.79 Å². The van der Waals surface area contributed by atoms with Crippen molar-refractivity contribution in [2.24, 2.45) is 23.3 Å². The van der Waals surface area contributed by atoms with E-state index in [1.165, 1.54) is 29.2 Å². The van der Waals surface area contributed by atoms with Gasteiger partial charge in [-0.15, -0.1) is 0 Å². The van der Waals surface area contributed by atoms with Gasteiger partial charge < -0.3 is 63.4 Å². The maximum absolute atomic E-state index is 14.2. The first-order chi connectivity index (χ1) is 29.0. The van der Waals surface area contributed by atoms with Crippen molar-refractivity contribution in [2.75, 3.05) is 6.54 Å². The maximum Gasteiger partial charge on any atom is 0.326 e. The van der Waals surface area contributed by atoms with Crippen LogP contribution in [0.5, 0.6) is 5.75 Å². The number of benzene rings is 1. The van der Waals surface area contributed by atoms with Crippen LogP contribution in [-0.4, -0.2) is 133 Å². The molecule has 2 rings (SSSR count). The summed E-state index contributed by atoms with van der Waals surface area (Å²) in [4.78, 5) is 129. The predicted molar refractivity (Wildman–Crippen MR) is 218 cm³/mol. The highest BCUT2D eigenvalue weighted by Gasteiger charge is 2.41. The van der Waals surface area contributed by atoms with Crippen LogP contribution in [-0.2, 0) is 54.4 Å². The van der Waals surface area contributed by atoms with Gasteiger partial charge in [0.05, 0.1) is 12.5 Å². The van der Waals surface area contributed by atoms with Crippen molar-refractivity contribution in [3.05, 3.63) is 29.8 Å². The van der Waals surface area contributed by atoms with Crippen molar-refractivity contribution in [2.45, 2.75) is 134 Å². The third-order valence-corrected chi connectivity index (χ3v) is 10.3. The van der Waals surface area contributed by atoms with Crippen LogP contribution in [0, 0.1) is 11.8 Å². The zero-order chi connectivity index (χ0) is 46.8. The third-order valence-electron chi connectivity index (χ3n) is 10.3. The number of hydrogen-bond donors (Lipinski definition) is 11. The van der Waals surface area contributed by atoms with Crippen molar-refractivity contribution < 1.29 is 68.4 Å². The molecule has 7 amide bonds. The average Bonchev–Trinajstić information content (AvgIpc) is 3.69. The molecule has 0 aromatic heterocycles. The monoisotopic (exact) mass is 876 g/mol. The first-order valence-electron chi connectivity index (χ1n) is 20.3. The summed E-state index contributed by atoms with van der Waals surface area (Å²) in [5, 5.41) is 50.3. The molecular weight excluding hydrogens is 816 g/mol. The fraction of sp³-hybridized carbons (Fsp3) is 0.600. The molecule has 1 aliphatic rings. The summed E-state index contributed by atoms with van der Waals surface area (Å²) in [6.45, 7) is 6.92. The summed E-state index contributed by atoms with van der Waals surface area (Å²) in [7, 11) is 0. The number of carbonyl (C=O) groups is 10. The van der Waals surface area contributed by atoms with E-state index in [1.54, 1.807) is 27.7 Å². The van der Waals surface area contributed by atoms with Gasteiger partial charge in [-0.3, -0.25) is 43.2 Å². The molecular formula is C40H60N8O14. The number of phenolic OH excluding ortho intramolecular Hbond substituents is 1. The Morgan fingerprint density at radius 2 is 1.32 bits per heavy atom. The van der Waals surface area contributed by atoms with Crippen LogP contribution in [0.25, 0.3) is 0 Å². The molecule has 0 bridgehead atoms. The molecule has 1 heterocycles. The molecule has 22 nitrogen and oxygen atoms in total. The molecule has 22 heteroatoms. The number of nitrogens with one attached hydrogen (secondary N) is 5. The van der Waals surface area contributed by atoms with Crippen LogP contribution in [0.2, 0.25) is 0 Å². The van der Waals surface area contributed by atoms with E-state index >= 15 is 0 Å². The molecule has 13 N–H and O–H groups in total. The molecule has 0 spiro atoms. The predicted octanol–water partition coefficient (Wildman–Crippen LogP) is -1.54. The molecule has 0 radical (unpaired) electrons. The zero-order valence-electron chi connectivity index (χ0n) is 35.3. The van der Waals surface area contributed by atoms with Crippen LogP contribution in [0.3, 0.4) is 0 Å². The van der Waals surface area contributed by atoms with Gasteiger partial charge in [0.2, 0.25) is 41.4 Å². The molecule has 0 aliphatic carbocycles. The van der Waals surface area contributed by atoms with Crippen molar-refractivity contribution in [1.29, 1.82) is 0 Å². The van der Waals surface area contributed by atoms with E-state index in [0.717, 1.165) is 0 Å². The molecule has 344 valence electrons. The number of phenols is 1. The van der Waals surface area contributed by atoms with Crippen LogP contribution in [0.1, 0.15) is 91.0 Å². The van der Waals surface area contributed by atoms with E-state index < -0.39 is 127 Å². The SMILES string of the molecule is CC[C@H](C)[C@H](NC(=O)[C@H](CC(=O)O)NC(=O)[C@@H](N)CCC(N)=O)C(=O)N1CCC[C@H]1C(=O)N[C@@H](Cc1ccc(O)cc1)C(=O)N[C@@H](CC(C)C)C(=O)N[C@@H](CCC(=O)O)C(=O)O. The van der Waals surface area contributed by atoms with Gasteiger partial charge in [-0.05, 0) is 61.6 Å². The zero-order valence-corrected chi connectivity index (χ0v) is 35.3. The van der Waals surface area contributed by atoms with E-state index in [-0.39, 0.29) is 50.3 Å². The Hall–Kier alpha value is -6.32. The van der Waals surface area contributed by atoms with Gasteiger partial charge in [0.15, 0.2) is 0 Å². The van der Waals surface area contributed by atoms with Crippen molar-refractivity contribution >= 4 is 59.3 Å². The van der Waals surface area contributed by atoms with Gasteiger partial charge in [-0.2, -0.15) is 0 Å². The fourth-order valence-corrected chi connectivity index (χ4v) is 6.63. The number of nitrogens with two attached hydrogens (primary N) is 2. The number of rotatable bonds is 26. The van der Waals surface area contributed by atoms with Gasteiger partial charge in [-0.1, -0.05) is 46.2 Å². The van der Waals surface area contributed by atoms with Gasteiger partial charge in [0.25, 0.3) is 0 Å². The Kier molecular flexibility index (Phi) is 20.7. The van der Waals surface area contributed by atoms with E-state index in [4.69, 9.17) is 16.6 Å². The molecule has 0 saturated carbocycles. The topological polar surface area (TPSA) is 367 Å². The van der Waals surface area contributed by atoms with Crippen molar-refractivity contribution in [1.82, 2.24) is 31.5 Å². The molecule has 0 unspecified atom stereocenters. The molecule has 1 aromatic carbocycles. The maximum atomic E-state index is 14.2. The number of amides is 7. The Morgan fingerprint density at radius 3 is 1.87 bits per heavy atom. The minimum Gasteiger partial charge on any atom is -0.508 e. The van der Waals surface area contributed by atoms with Crippen LogP contribution >= 0.6 is 0 Å². The summed E-state index contributed by atoms with van der Waals surface area (Å²) in [5.41, 5.74) is 11.4. The minimum absolute atomic E-state index is 0.0233. The number of primary amides is 1. The molecule has 1 saturated heterocycles. The highest BCUT2D eigenvalue weighted by molar-refractivity contribution is 5.98. The second kappa shape index (κ2) is 24.8. The Balaban J connectivity index is 2.39. The molecule has 8 atom stereocenters. The number of carbonyl (C=O) groups excluding carboxylic acids is 7. The lowest BCUT2D eigenvalue weighted by atomic mass is 9.96. The smallest absolute Gasteiger partial charge is 0.326 e. The minimum atomic E-state index is -1.68. The Morgan fingerprint density at radius 1 is 0.742 bits per heavy atom. The molecule has 1 aliphatic heterocycles. The summed E-state index contributed by atoms with van der Waals surface area (Å²) < 4.78 is 0. The number of carboxylic acid groups (broad SMARTS) is 3. The summed E-state index contributed by atoms with van der Waals surface area (Å²) >= 11 is 0. The molecule has 62 heavy (non-hydrogen) atoms. The fourth-order valence-electron chi connectivity index (χ4n) is 6.63. The summed E-state index contributed by atoms with van der Waals surface area (Å²) in [6, 6.07) is -4.05. The van der Waals surface area contributed by atoms with Gasteiger partial charge >= 0.3 is 17.9 Å². The van der Waals surface area contributed by atoms with E-state index in [0.29, 0.717) is 18.4 Å². The number of carboxylic acids is 3. The first kappa shape index (κ1) is 51.8. The van der Waals surface area contributed by atoms with E-state index in [2.05, 4.69) is 26.6 Å². The second-order valence-electron chi connectivity index (χ2n) is 15.8. The number of likely N-dealkylation sites (tertiary alicyclic amines) is 1. The number of aromatic hydroxyl groups is 1. The molecule has 1 aromatic rings. The largest absolute Gasteiger partial charge is 0.508 e. The number of aliphatic carboxylic acids is 3. The second-order valence-corrected chi connectivity index (χ2v) is 15.8. The van der Waals surface area contributed by atoms with E-state index in [9.17, 15) is 63.3 Å². The first-order valence-corrected chi connectivity index (χ1v) is 20.3. The van der Waals surface area contributed by atoms with Gasteiger partial charge in [0, 0.05) is 25.8 Å². The van der Waals surface area contributed by atoms with Crippen molar-refractivity contribution in [3.8, 4) is 5.75 Å². The normalized spacial score (nSPS) is 16.9. The highest BCUT2D eigenvalue weighted by atomic mass is 16.4.